The predicted molar refractivity (Wildman–Crippen MR) is 56.2 cm³/mol. The molecule has 0 bridgehead atoms. The first-order valence-corrected chi connectivity index (χ1v) is 4.72. The van der Waals surface area contributed by atoms with Crippen LogP contribution in [0.4, 0.5) is 4.39 Å². The number of carbonyl (C=O) groups excluding carboxylic acids is 1. The van der Waals surface area contributed by atoms with Gasteiger partial charge < -0.3 is 10.3 Å². The largest absolute Gasteiger partial charge is 0.364 e. The zero-order valence-electron chi connectivity index (χ0n) is 8.43. The van der Waals surface area contributed by atoms with E-state index in [0.717, 1.165) is 0 Å². The fourth-order valence-corrected chi connectivity index (χ4v) is 1.40. The van der Waals surface area contributed by atoms with Crippen molar-refractivity contribution >= 4 is 5.91 Å². The molecule has 0 fully saturated rings. The van der Waals surface area contributed by atoms with E-state index in [9.17, 15) is 9.18 Å². The number of nitrogens with two attached hydrogens (primary N) is 1. The Balaban J connectivity index is 2.21. The highest BCUT2D eigenvalue weighted by atomic mass is 19.1. The number of amides is 1. The summed E-state index contributed by atoms with van der Waals surface area (Å²) in [5, 5.41) is 0. The Labute approximate surface area is 91.5 Å². The van der Waals surface area contributed by atoms with Crippen molar-refractivity contribution in [2.45, 2.75) is 6.54 Å². The van der Waals surface area contributed by atoms with E-state index in [4.69, 9.17) is 5.73 Å². The second kappa shape index (κ2) is 4.14. The van der Waals surface area contributed by atoms with Gasteiger partial charge in [-0.3, -0.25) is 4.79 Å². The van der Waals surface area contributed by atoms with Crippen molar-refractivity contribution in [3.05, 3.63) is 53.9 Å². The Morgan fingerprint density at radius 2 is 2.19 bits per heavy atom. The van der Waals surface area contributed by atoms with Gasteiger partial charge in [-0.25, -0.2) is 9.37 Å². The molecule has 0 saturated heterocycles. The Bertz CT molecular complexity index is 521. The average molecular weight is 219 g/mol. The summed E-state index contributed by atoms with van der Waals surface area (Å²) in [6, 6.07) is 6.45. The molecule has 0 atom stereocenters. The molecule has 0 aliphatic heterocycles. The van der Waals surface area contributed by atoms with Gasteiger partial charge in [-0.2, -0.15) is 0 Å². The summed E-state index contributed by atoms with van der Waals surface area (Å²) in [4.78, 5) is 14.6. The molecule has 82 valence electrons. The van der Waals surface area contributed by atoms with Crippen LogP contribution in [-0.4, -0.2) is 15.5 Å². The van der Waals surface area contributed by atoms with Crippen LogP contribution in [0.5, 0.6) is 0 Å². The molecule has 1 amide bonds. The lowest BCUT2D eigenvalue weighted by atomic mass is 10.2. The zero-order chi connectivity index (χ0) is 11.5. The lowest BCUT2D eigenvalue weighted by molar-refractivity contribution is 0.0996. The minimum atomic E-state index is -0.590. The molecule has 0 unspecified atom stereocenters. The quantitative estimate of drug-likeness (QED) is 0.842. The van der Waals surface area contributed by atoms with E-state index in [2.05, 4.69) is 4.98 Å². The van der Waals surface area contributed by atoms with Gasteiger partial charge in [0.15, 0.2) is 0 Å². The summed E-state index contributed by atoms with van der Waals surface area (Å²) in [6.07, 6.45) is 2.95. The predicted octanol–water partition coefficient (Wildman–Crippen LogP) is 1.17. The molecule has 0 radical (unpaired) electrons. The molecule has 0 aliphatic rings. The number of rotatable bonds is 3. The van der Waals surface area contributed by atoms with Gasteiger partial charge in [0.2, 0.25) is 0 Å². The van der Waals surface area contributed by atoms with E-state index < -0.39 is 5.91 Å². The maximum Gasteiger partial charge on any atom is 0.268 e. The summed E-state index contributed by atoms with van der Waals surface area (Å²) in [7, 11) is 0. The first-order chi connectivity index (χ1) is 7.66. The number of halogens is 1. The topological polar surface area (TPSA) is 60.9 Å². The van der Waals surface area contributed by atoms with Crippen molar-refractivity contribution in [1.29, 1.82) is 0 Å². The maximum absolute atomic E-state index is 13.3. The van der Waals surface area contributed by atoms with Crippen LogP contribution in [0.3, 0.4) is 0 Å². The average Bonchev–Trinajstić information content (AvgIpc) is 2.70. The smallest absolute Gasteiger partial charge is 0.268 e. The number of benzene rings is 1. The summed E-state index contributed by atoms with van der Waals surface area (Å²) in [6.45, 7) is 0.326. The molecule has 4 nitrogen and oxygen atoms in total. The standard InChI is InChI=1S/C11H10FN3O/c12-9-4-2-1-3-8(9)5-15-6-10(11(13)16)14-7-15/h1-4,6-7H,5H2,(H2,13,16). The number of nitrogens with zero attached hydrogens (tertiary/aromatic N) is 2. The van der Waals surface area contributed by atoms with Crippen molar-refractivity contribution in [2.75, 3.05) is 0 Å². The molecule has 0 aliphatic carbocycles. The van der Waals surface area contributed by atoms with Crippen LogP contribution in [0.15, 0.2) is 36.8 Å². The van der Waals surface area contributed by atoms with Gasteiger partial charge >= 0.3 is 0 Å². The Kier molecular flexibility index (Phi) is 2.68. The second-order valence-corrected chi connectivity index (χ2v) is 3.39. The molecule has 16 heavy (non-hydrogen) atoms. The lowest BCUT2D eigenvalue weighted by Gasteiger charge is -2.02. The number of aromatic nitrogens is 2. The van der Waals surface area contributed by atoms with E-state index >= 15 is 0 Å². The monoisotopic (exact) mass is 219 g/mol. The summed E-state index contributed by atoms with van der Waals surface area (Å²) >= 11 is 0. The van der Waals surface area contributed by atoms with Crippen LogP contribution in [0.2, 0.25) is 0 Å². The molecule has 1 aromatic carbocycles. The van der Waals surface area contributed by atoms with Gasteiger partial charge in [0, 0.05) is 11.8 Å². The molecule has 1 aromatic heterocycles. The highest BCUT2D eigenvalue weighted by Gasteiger charge is 2.06. The van der Waals surface area contributed by atoms with Crippen LogP contribution in [-0.2, 0) is 6.54 Å². The molecule has 2 N–H and O–H groups in total. The van der Waals surface area contributed by atoms with Gasteiger partial charge in [-0.1, -0.05) is 18.2 Å². The van der Waals surface area contributed by atoms with Crippen LogP contribution in [0.25, 0.3) is 0 Å². The van der Waals surface area contributed by atoms with E-state index in [1.165, 1.54) is 18.6 Å². The van der Waals surface area contributed by atoms with Gasteiger partial charge in [-0.05, 0) is 6.07 Å². The Morgan fingerprint density at radius 1 is 1.44 bits per heavy atom. The number of hydrogen-bond donors (Lipinski definition) is 1. The third-order valence-corrected chi connectivity index (χ3v) is 2.20. The first-order valence-electron chi connectivity index (χ1n) is 4.72. The molecule has 2 aromatic rings. The van der Waals surface area contributed by atoms with Gasteiger partial charge in [0.25, 0.3) is 5.91 Å². The molecule has 2 rings (SSSR count). The van der Waals surface area contributed by atoms with Crippen molar-refractivity contribution < 1.29 is 9.18 Å². The van der Waals surface area contributed by atoms with Gasteiger partial charge in [0.05, 0.1) is 12.9 Å². The Morgan fingerprint density at radius 3 is 2.81 bits per heavy atom. The van der Waals surface area contributed by atoms with Gasteiger partial charge in [0.1, 0.15) is 11.5 Å². The lowest BCUT2D eigenvalue weighted by Crippen LogP contribution is -2.11. The van der Waals surface area contributed by atoms with Crippen LogP contribution >= 0.6 is 0 Å². The number of carbonyl (C=O) groups is 1. The second-order valence-electron chi connectivity index (χ2n) is 3.39. The zero-order valence-corrected chi connectivity index (χ0v) is 8.43. The third-order valence-electron chi connectivity index (χ3n) is 2.20. The van der Waals surface area contributed by atoms with Gasteiger partial charge in [-0.15, -0.1) is 0 Å². The number of primary amides is 1. The summed E-state index contributed by atoms with van der Waals surface area (Å²) in [5.41, 5.74) is 5.78. The molecular formula is C11H10FN3O. The first kappa shape index (κ1) is 10.4. The van der Waals surface area contributed by atoms with E-state index in [1.54, 1.807) is 22.8 Å². The van der Waals surface area contributed by atoms with E-state index in [0.29, 0.717) is 12.1 Å². The third kappa shape index (κ3) is 2.08. The minimum absolute atomic E-state index is 0.177. The molecule has 1 heterocycles. The molecule has 0 spiro atoms. The fraction of sp³-hybridized carbons (Fsp3) is 0.0909. The van der Waals surface area contributed by atoms with Crippen LogP contribution < -0.4 is 5.73 Å². The highest BCUT2D eigenvalue weighted by molar-refractivity contribution is 5.90. The van der Waals surface area contributed by atoms with Crippen molar-refractivity contribution in [2.24, 2.45) is 5.73 Å². The number of imidazole rings is 1. The highest BCUT2D eigenvalue weighted by Crippen LogP contribution is 2.08. The molecular weight excluding hydrogens is 209 g/mol. The SMILES string of the molecule is NC(=O)c1cn(Cc2ccccc2F)cn1. The van der Waals surface area contributed by atoms with Crippen LogP contribution in [0, 0.1) is 5.82 Å². The van der Waals surface area contributed by atoms with E-state index in [1.807, 2.05) is 0 Å². The van der Waals surface area contributed by atoms with Crippen molar-refractivity contribution in [1.82, 2.24) is 9.55 Å². The van der Waals surface area contributed by atoms with E-state index in [-0.39, 0.29) is 11.5 Å². The summed E-state index contributed by atoms with van der Waals surface area (Å²) < 4.78 is 14.9. The summed E-state index contributed by atoms with van der Waals surface area (Å²) in [5.74, 6) is -0.871. The fourth-order valence-electron chi connectivity index (χ4n) is 1.40. The van der Waals surface area contributed by atoms with Crippen LogP contribution in [0.1, 0.15) is 16.1 Å². The molecule has 0 saturated carbocycles. The molecule has 5 heteroatoms. The maximum atomic E-state index is 13.3. The minimum Gasteiger partial charge on any atom is -0.364 e. The van der Waals surface area contributed by atoms with Crippen molar-refractivity contribution in [3.8, 4) is 0 Å². The number of hydrogen-bond acceptors (Lipinski definition) is 2. The Hall–Kier alpha value is -2.17. The van der Waals surface area contributed by atoms with Crippen molar-refractivity contribution in [3.63, 3.8) is 0 Å². The normalized spacial score (nSPS) is 10.3.